The molecule has 0 bridgehead atoms. The van der Waals surface area contributed by atoms with Crippen LogP contribution in [0.4, 0.5) is 0 Å². The van der Waals surface area contributed by atoms with E-state index in [9.17, 15) is 24.0 Å². The molecule has 5 unspecified atom stereocenters. The molecule has 1 aliphatic heterocycles. The Balaban J connectivity index is 1.80. The van der Waals surface area contributed by atoms with Crippen molar-refractivity contribution in [2.24, 2.45) is 10.8 Å². The van der Waals surface area contributed by atoms with Crippen LogP contribution in [-0.4, -0.2) is 101 Å². The highest BCUT2D eigenvalue weighted by atomic mass is 16.7. The molecular formula is C36H53N5O11. The molecule has 16 heteroatoms. The number of hydrogen-bond donors (Lipinski definition) is 3. The van der Waals surface area contributed by atoms with Gasteiger partial charge < -0.3 is 39.4 Å². The Morgan fingerprint density at radius 2 is 1.67 bits per heavy atom. The van der Waals surface area contributed by atoms with Crippen molar-refractivity contribution in [2.75, 3.05) is 20.3 Å². The van der Waals surface area contributed by atoms with Gasteiger partial charge >= 0.3 is 17.9 Å². The van der Waals surface area contributed by atoms with Crippen molar-refractivity contribution >= 4 is 29.7 Å². The molecule has 0 radical (unpaired) electrons. The van der Waals surface area contributed by atoms with Crippen LogP contribution in [0.5, 0.6) is 5.75 Å². The number of aliphatic carboxylic acids is 1. The van der Waals surface area contributed by atoms with Gasteiger partial charge in [0.05, 0.1) is 26.5 Å². The Hall–Kier alpha value is -4.57. The molecule has 0 saturated carbocycles. The first kappa shape index (κ1) is 41.8. The molecule has 1 fully saturated rings. The molecule has 2 heterocycles. The lowest BCUT2D eigenvalue weighted by atomic mass is 9.73. The number of amides is 2. The highest BCUT2D eigenvalue weighted by Crippen LogP contribution is 2.37. The first-order valence-corrected chi connectivity index (χ1v) is 17.3. The summed E-state index contributed by atoms with van der Waals surface area (Å²) < 4.78 is 31.1. The molecule has 3 rings (SSSR count). The second-order valence-corrected chi connectivity index (χ2v) is 14.6. The minimum Gasteiger partial charge on any atom is -0.497 e. The van der Waals surface area contributed by atoms with E-state index >= 15 is 0 Å². The summed E-state index contributed by atoms with van der Waals surface area (Å²) in [6.07, 6.45) is -0.985. The number of ether oxygens (including phenoxy) is 5. The molecule has 1 saturated heterocycles. The van der Waals surface area contributed by atoms with Crippen LogP contribution in [0, 0.1) is 10.8 Å². The molecule has 2 amide bonds. The third-order valence-electron chi connectivity index (χ3n) is 8.41. The molecule has 0 aliphatic carbocycles. The van der Waals surface area contributed by atoms with E-state index in [0.29, 0.717) is 30.8 Å². The van der Waals surface area contributed by atoms with Crippen molar-refractivity contribution in [2.45, 2.75) is 118 Å². The van der Waals surface area contributed by atoms with Gasteiger partial charge in [0, 0.05) is 45.7 Å². The Morgan fingerprint density at radius 3 is 2.31 bits per heavy atom. The summed E-state index contributed by atoms with van der Waals surface area (Å²) in [6.45, 7) is 12.6. The fraction of sp³-hybridized carbons (Fsp3) is 0.639. The predicted octanol–water partition coefficient (Wildman–Crippen LogP) is 3.27. The van der Waals surface area contributed by atoms with E-state index in [0.717, 1.165) is 5.56 Å². The SMILES string of the molecule is COc1cccc(-c2cn(CC3OC(OCC(C)(C)CC(C)(C)CCNC(=O)CCCC(=O)O)C(NC(C)=O)C(OC(C)=O)C3OC(C)=O)nn2)c1. The molecule has 2 aromatic rings. The number of esters is 2. The van der Waals surface area contributed by atoms with Crippen molar-refractivity contribution in [1.29, 1.82) is 0 Å². The van der Waals surface area contributed by atoms with Gasteiger partial charge in [-0.25, -0.2) is 4.68 Å². The summed E-state index contributed by atoms with van der Waals surface area (Å²) in [6, 6.07) is 6.28. The summed E-state index contributed by atoms with van der Waals surface area (Å²) >= 11 is 0. The Kier molecular flexibility index (Phi) is 15.1. The number of carboxylic acid groups (broad SMARTS) is 1. The van der Waals surface area contributed by atoms with Crippen LogP contribution in [0.2, 0.25) is 0 Å². The first-order chi connectivity index (χ1) is 24.4. The van der Waals surface area contributed by atoms with Crippen LogP contribution in [0.3, 0.4) is 0 Å². The second kappa shape index (κ2) is 18.8. The second-order valence-electron chi connectivity index (χ2n) is 14.6. The van der Waals surface area contributed by atoms with Crippen LogP contribution in [0.1, 0.15) is 80.6 Å². The average molecular weight is 732 g/mol. The molecule has 52 heavy (non-hydrogen) atoms. The van der Waals surface area contributed by atoms with Crippen molar-refractivity contribution in [3.63, 3.8) is 0 Å². The number of nitrogens with one attached hydrogen (secondary N) is 2. The van der Waals surface area contributed by atoms with Gasteiger partial charge in [-0.2, -0.15) is 0 Å². The molecule has 5 atom stereocenters. The molecule has 3 N–H and O–H groups in total. The summed E-state index contributed by atoms with van der Waals surface area (Å²) in [5.41, 5.74) is 0.652. The quantitative estimate of drug-likeness (QED) is 0.178. The maximum absolute atomic E-state index is 12.4. The number of nitrogens with zero attached hydrogens (tertiary/aromatic N) is 3. The largest absolute Gasteiger partial charge is 0.497 e. The van der Waals surface area contributed by atoms with Gasteiger partial charge in [-0.3, -0.25) is 24.0 Å². The lowest BCUT2D eigenvalue weighted by Crippen LogP contribution is -2.66. The van der Waals surface area contributed by atoms with Crippen LogP contribution in [0.15, 0.2) is 30.5 Å². The number of aromatic nitrogens is 3. The van der Waals surface area contributed by atoms with Gasteiger partial charge in [-0.05, 0) is 42.2 Å². The van der Waals surface area contributed by atoms with E-state index < -0.39 is 59.9 Å². The van der Waals surface area contributed by atoms with Crippen molar-refractivity contribution in [3.05, 3.63) is 30.5 Å². The molecule has 16 nitrogen and oxygen atoms in total. The Morgan fingerprint density at radius 1 is 0.981 bits per heavy atom. The predicted molar refractivity (Wildman–Crippen MR) is 187 cm³/mol. The fourth-order valence-corrected chi connectivity index (χ4v) is 6.50. The summed E-state index contributed by atoms with van der Waals surface area (Å²) in [5.74, 6) is -2.22. The van der Waals surface area contributed by atoms with Gasteiger partial charge in [0.2, 0.25) is 11.8 Å². The monoisotopic (exact) mass is 731 g/mol. The van der Waals surface area contributed by atoms with Gasteiger partial charge in [0.25, 0.3) is 0 Å². The van der Waals surface area contributed by atoms with Crippen molar-refractivity contribution in [1.82, 2.24) is 25.6 Å². The molecule has 1 aliphatic rings. The van der Waals surface area contributed by atoms with E-state index in [1.807, 2.05) is 38.1 Å². The zero-order valence-electron chi connectivity index (χ0n) is 31.3. The molecule has 1 aromatic carbocycles. The third kappa shape index (κ3) is 13.5. The number of carbonyl (C=O) groups excluding carboxylic acids is 4. The maximum atomic E-state index is 12.4. The summed E-state index contributed by atoms with van der Waals surface area (Å²) in [5, 5.41) is 23.0. The van der Waals surface area contributed by atoms with E-state index in [2.05, 4.69) is 34.8 Å². The minimum atomic E-state index is -1.17. The molecule has 0 spiro atoms. The first-order valence-electron chi connectivity index (χ1n) is 17.3. The number of carboxylic acids is 1. The van der Waals surface area contributed by atoms with E-state index in [4.69, 9.17) is 28.8 Å². The van der Waals surface area contributed by atoms with Crippen LogP contribution >= 0.6 is 0 Å². The van der Waals surface area contributed by atoms with Gasteiger partial charge in [0.15, 0.2) is 18.5 Å². The van der Waals surface area contributed by atoms with Crippen LogP contribution < -0.4 is 15.4 Å². The van der Waals surface area contributed by atoms with Crippen molar-refractivity contribution in [3.8, 4) is 17.0 Å². The van der Waals surface area contributed by atoms with Gasteiger partial charge in [-0.1, -0.05) is 45.0 Å². The summed E-state index contributed by atoms with van der Waals surface area (Å²) in [7, 11) is 1.57. The standard InChI is InChI=1S/C36H53N5O11/c1-22(42)38-31-33(51-24(3)44)32(50-23(2)43)28(19-41-18-27(39-40-41)25-11-9-12-26(17-25)48-8)52-34(31)49-21-36(6,7)20-35(4,5)15-16-37-29(45)13-10-14-30(46)47/h9,11-12,17-18,28,31-34H,10,13-16,19-21H2,1-8H3,(H,37,45)(H,38,42)(H,46,47). The lowest BCUT2D eigenvalue weighted by Gasteiger charge is -2.46. The normalized spacial score (nSPS) is 20.4. The molecule has 288 valence electrons. The van der Waals surface area contributed by atoms with Crippen LogP contribution in [0.25, 0.3) is 11.3 Å². The topological polar surface area (TPSA) is 206 Å². The maximum Gasteiger partial charge on any atom is 0.303 e. The highest BCUT2D eigenvalue weighted by Gasteiger charge is 2.51. The average Bonchev–Trinajstić information content (AvgIpc) is 3.50. The number of methoxy groups -OCH3 is 1. The highest BCUT2D eigenvalue weighted by molar-refractivity contribution is 5.76. The van der Waals surface area contributed by atoms with Gasteiger partial charge in [0.1, 0.15) is 23.6 Å². The molecular weight excluding hydrogens is 678 g/mol. The number of rotatable bonds is 19. The smallest absolute Gasteiger partial charge is 0.303 e. The van der Waals surface area contributed by atoms with Crippen LogP contribution in [-0.2, 0) is 49.5 Å². The van der Waals surface area contributed by atoms with E-state index in [-0.39, 0.29) is 43.7 Å². The zero-order chi connectivity index (χ0) is 38.6. The molecule has 1 aromatic heterocycles. The number of hydrogen-bond acceptors (Lipinski definition) is 12. The number of carbonyl (C=O) groups is 5. The van der Waals surface area contributed by atoms with Gasteiger partial charge in [-0.15, -0.1) is 5.10 Å². The minimum absolute atomic E-state index is 0.0256. The van der Waals surface area contributed by atoms with E-state index in [1.165, 1.54) is 25.5 Å². The lowest BCUT2D eigenvalue weighted by molar-refractivity contribution is -0.279. The van der Waals surface area contributed by atoms with Crippen molar-refractivity contribution < 1.29 is 52.8 Å². The zero-order valence-corrected chi connectivity index (χ0v) is 31.3. The Bertz CT molecular complexity index is 1540. The summed E-state index contributed by atoms with van der Waals surface area (Å²) in [4.78, 5) is 60.1. The fourth-order valence-electron chi connectivity index (χ4n) is 6.50. The third-order valence-corrected chi connectivity index (χ3v) is 8.41. The Labute approximate surface area is 304 Å². The number of benzene rings is 1. The van der Waals surface area contributed by atoms with E-state index in [1.54, 1.807) is 13.3 Å².